The molecular formula is C26H28N4O4S. The minimum Gasteiger partial charge on any atom is -0.497 e. The first-order valence-electron chi connectivity index (χ1n) is 11.3. The molecule has 4 rings (SSSR count). The van der Waals surface area contributed by atoms with Crippen molar-refractivity contribution in [2.24, 2.45) is 0 Å². The minimum absolute atomic E-state index is 0.0144. The highest BCUT2D eigenvalue weighted by molar-refractivity contribution is 7.89. The van der Waals surface area contributed by atoms with E-state index in [0.29, 0.717) is 17.4 Å². The van der Waals surface area contributed by atoms with Crippen LogP contribution in [-0.2, 0) is 23.0 Å². The molecule has 0 unspecified atom stereocenters. The van der Waals surface area contributed by atoms with Crippen molar-refractivity contribution < 1.29 is 17.9 Å². The van der Waals surface area contributed by atoms with Crippen LogP contribution in [0.25, 0.3) is 10.9 Å². The summed E-state index contributed by atoms with van der Waals surface area (Å²) < 4.78 is 39.0. The number of benzene rings is 3. The zero-order chi connectivity index (χ0) is 24.7. The Hall–Kier alpha value is -3.69. The molecule has 0 aliphatic heterocycles. The number of sulfonamides is 1. The van der Waals surface area contributed by atoms with Gasteiger partial charge in [-0.15, -0.1) is 0 Å². The van der Waals surface area contributed by atoms with Crippen LogP contribution in [0.1, 0.15) is 17.8 Å². The Kier molecular flexibility index (Phi) is 7.79. The zero-order valence-corrected chi connectivity index (χ0v) is 20.5. The van der Waals surface area contributed by atoms with E-state index in [4.69, 9.17) is 9.47 Å². The quantitative estimate of drug-likeness (QED) is 0.303. The summed E-state index contributed by atoms with van der Waals surface area (Å²) >= 11 is 0. The molecule has 0 bridgehead atoms. The minimum atomic E-state index is -3.91. The molecule has 0 radical (unpaired) electrons. The highest BCUT2D eigenvalue weighted by Gasteiger charge is 2.21. The van der Waals surface area contributed by atoms with Crippen LogP contribution in [0, 0.1) is 0 Å². The van der Waals surface area contributed by atoms with Crippen molar-refractivity contribution in [2.45, 2.75) is 24.3 Å². The molecule has 1 heterocycles. The van der Waals surface area contributed by atoms with Crippen molar-refractivity contribution in [1.82, 2.24) is 14.7 Å². The third kappa shape index (κ3) is 6.06. The zero-order valence-electron chi connectivity index (χ0n) is 19.7. The summed E-state index contributed by atoms with van der Waals surface area (Å²) in [5.74, 6) is 1.67. The summed E-state index contributed by atoms with van der Waals surface area (Å²) in [5, 5.41) is 4.28. The molecule has 0 saturated carbocycles. The first-order valence-corrected chi connectivity index (χ1v) is 12.7. The highest BCUT2D eigenvalue weighted by Crippen LogP contribution is 2.28. The van der Waals surface area contributed by atoms with E-state index in [0.717, 1.165) is 30.3 Å². The number of fused-ring (bicyclic) bond motifs is 1. The van der Waals surface area contributed by atoms with Gasteiger partial charge in [-0.05, 0) is 42.7 Å². The van der Waals surface area contributed by atoms with Gasteiger partial charge in [0.1, 0.15) is 28.0 Å². The van der Waals surface area contributed by atoms with E-state index >= 15 is 0 Å². The van der Waals surface area contributed by atoms with E-state index in [1.165, 1.54) is 25.8 Å². The number of aryl methyl sites for hydroxylation is 1. The van der Waals surface area contributed by atoms with Crippen LogP contribution in [0.5, 0.6) is 11.5 Å². The number of rotatable bonds is 11. The average molecular weight is 493 g/mol. The monoisotopic (exact) mass is 492 g/mol. The molecule has 0 saturated heterocycles. The summed E-state index contributed by atoms with van der Waals surface area (Å²) in [4.78, 5) is 9.15. The van der Waals surface area contributed by atoms with Gasteiger partial charge in [0.25, 0.3) is 0 Å². The lowest BCUT2D eigenvalue weighted by Crippen LogP contribution is -2.25. The van der Waals surface area contributed by atoms with Gasteiger partial charge in [0.15, 0.2) is 0 Å². The largest absolute Gasteiger partial charge is 0.497 e. The lowest BCUT2D eigenvalue weighted by atomic mass is 10.1. The maximum atomic E-state index is 13.0. The Labute approximate surface area is 205 Å². The number of nitrogens with one attached hydrogen (secondary N) is 2. The van der Waals surface area contributed by atoms with Gasteiger partial charge in [0.2, 0.25) is 10.0 Å². The second kappa shape index (κ2) is 11.2. The van der Waals surface area contributed by atoms with E-state index in [9.17, 15) is 8.42 Å². The molecule has 0 aliphatic rings. The van der Waals surface area contributed by atoms with Crippen LogP contribution in [0.15, 0.2) is 77.7 Å². The summed E-state index contributed by atoms with van der Waals surface area (Å²) in [6.45, 7) is 0.647. The van der Waals surface area contributed by atoms with Gasteiger partial charge in [-0.3, -0.25) is 0 Å². The summed E-state index contributed by atoms with van der Waals surface area (Å²) in [7, 11) is -1.01. The van der Waals surface area contributed by atoms with Gasteiger partial charge in [-0.25, -0.2) is 23.1 Å². The number of methoxy groups -OCH3 is 2. The molecule has 1 aromatic heterocycles. The van der Waals surface area contributed by atoms with Gasteiger partial charge in [0, 0.05) is 18.0 Å². The Morgan fingerprint density at radius 2 is 1.66 bits per heavy atom. The van der Waals surface area contributed by atoms with Crippen molar-refractivity contribution in [3.8, 4) is 11.5 Å². The van der Waals surface area contributed by atoms with Gasteiger partial charge < -0.3 is 14.8 Å². The van der Waals surface area contributed by atoms with E-state index in [-0.39, 0.29) is 17.2 Å². The van der Waals surface area contributed by atoms with E-state index in [2.05, 4.69) is 32.1 Å². The molecule has 0 spiro atoms. The van der Waals surface area contributed by atoms with Crippen LogP contribution in [0.2, 0.25) is 0 Å². The number of ether oxygens (including phenoxy) is 2. The van der Waals surface area contributed by atoms with Gasteiger partial charge in [-0.2, -0.15) is 0 Å². The lowest BCUT2D eigenvalue weighted by molar-refractivity contribution is 0.392. The Bertz CT molecular complexity index is 1400. The number of para-hydroxylation sites is 1. The number of hydrogen-bond donors (Lipinski definition) is 2. The topological polar surface area (TPSA) is 102 Å². The van der Waals surface area contributed by atoms with Crippen molar-refractivity contribution in [3.63, 3.8) is 0 Å². The standard InChI is InChI=1S/C26H28N4O4S/c1-33-20-14-15-23(34-2)24(17-20)35(31,32)28-18-25-29-22-13-7-6-12-21(22)26(30-25)27-16-8-11-19-9-4-3-5-10-19/h3-7,9-10,12-15,17,28H,8,11,16,18H2,1-2H3,(H,27,29,30). The third-order valence-corrected chi connectivity index (χ3v) is 6.93. The lowest BCUT2D eigenvalue weighted by Gasteiger charge is -2.13. The van der Waals surface area contributed by atoms with Crippen LogP contribution < -0.4 is 19.5 Å². The maximum absolute atomic E-state index is 13.0. The molecule has 0 atom stereocenters. The number of nitrogens with zero attached hydrogens (tertiary/aromatic N) is 2. The summed E-state index contributed by atoms with van der Waals surface area (Å²) in [5.41, 5.74) is 2.02. The predicted molar refractivity (Wildman–Crippen MR) is 136 cm³/mol. The first kappa shape index (κ1) is 24.4. The van der Waals surface area contributed by atoms with Crippen LogP contribution in [-0.4, -0.2) is 39.2 Å². The summed E-state index contributed by atoms with van der Waals surface area (Å²) in [6.07, 6.45) is 1.88. The second-order valence-corrected chi connectivity index (χ2v) is 9.60. The van der Waals surface area contributed by atoms with Crippen molar-refractivity contribution in [2.75, 3.05) is 26.1 Å². The maximum Gasteiger partial charge on any atom is 0.244 e. The Morgan fingerprint density at radius 3 is 2.43 bits per heavy atom. The van der Waals surface area contributed by atoms with E-state index in [1.807, 2.05) is 42.5 Å². The molecule has 8 nitrogen and oxygen atoms in total. The molecule has 0 amide bonds. The Morgan fingerprint density at radius 1 is 0.886 bits per heavy atom. The second-order valence-electron chi connectivity index (χ2n) is 7.86. The average Bonchev–Trinajstić information content (AvgIpc) is 2.90. The van der Waals surface area contributed by atoms with Gasteiger partial charge >= 0.3 is 0 Å². The first-order chi connectivity index (χ1) is 17.0. The van der Waals surface area contributed by atoms with E-state index in [1.54, 1.807) is 12.1 Å². The number of hydrogen-bond acceptors (Lipinski definition) is 7. The molecule has 4 aromatic rings. The number of aromatic nitrogens is 2. The molecule has 35 heavy (non-hydrogen) atoms. The third-order valence-electron chi connectivity index (χ3n) is 5.51. The molecular weight excluding hydrogens is 464 g/mol. The predicted octanol–water partition coefficient (Wildman–Crippen LogP) is 4.17. The van der Waals surface area contributed by atoms with Crippen molar-refractivity contribution >= 4 is 26.7 Å². The molecule has 0 fully saturated rings. The summed E-state index contributed by atoms with van der Waals surface area (Å²) in [6, 6.07) is 22.6. The highest BCUT2D eigenvalue weighted by atomic mass is 32.2. The van der Waals surface area contributed by atoms with Crippen LogP contribution in [0.4, 0.5) is 5.82 Å². The number of anilines is 1. The van der Waals surface area contributed by atoms with E-state index < -0.39 is 10.0 Å². The fraction of sp³-hybridized carbons (Fsp3) is 0.231. The molecule has 9 heteroatoms. The fourth-order valence-electron chi connectivity index (χ4n) is 3.71. The molecule has 2 N–H and O–H groups in total. The molecule has 182 valence electrons. The Balaban J connectivity index is 1.50. The SMILES string of the molecule is COc1ccc(OC)c(S(=O)(=O)NCc2nc(NCCCc3ccccc3)c3ccccc3n2)c1. The smallest absolute Gasteiger partial charge is 0.244 e. The van der Waals surface area contributed by atoms with Crippen molar-refractivity contribution in [1.29, 1.82) is 0 Å². The molecule has 3 aromatic carbocycles. The van der Waals surface area contributed by atoms with Crippen molar-refractivity contribution in [3.05, 3.63) is 84.2 Å². The van der Waals surface area contributed by atoms with Crippen LogP contribution >= 0.6 is 0 Å². The normalized spacial score (nSPS) is 11.4. The van der Waals surface area contributed by atoms with Crippen LogP contribution in [0.3, 0.4) is 0 Å². The fourth-order valence-corrected chi connectivity index (χ4v) is 4.88. The molecule has 0 aliphatic carbocycles. The van der Waals surface area contributed by atoms with Gasteiger partial charge in [-0.1, -0.05) is 42.5 Å². The van der Waals surface area contributed by atoms with Gasteiger partial charge in [0.05, 0.1) is 26.3 Å².